The van der Waals surface area contributed by atoms with Crippen LogP contribution in [0.3, 0.4) is 0 Å². The van der Waals surface area contributed by atoms with E-state index in [9.17, 15) is 4.79 Å². The van der Waals surface area contributed by atoms with Gasteiger partial charge in [0.1, 0.15) is 0 Å². The van der Waals surface area contributed by atoms with E-state index in [1.165, 1.54) is 0 Å². The number of alkyl halides is 1. The molecule has 0 amide bonds. The Hall–Kier alpha value is -0.420. The van der Waals surface area contributed by atoms with Crippen LogP contribution in [0.1, 0.15) is 10.4 Å². The van der Waals surface area contributed by atoms with Crippen molar-refractivity contribution in [3.63, 3.8) is 0 Å². The summed E-state index contributed by atoms with van der Waals surface area (Å²) in [5, 5.41) is 8.91. The van der Waals surface area contributed by atoms with Gasteiger partial charge in [0.05, 0.1) is 0 Å². The molecule has 2 nitrogen and oxygen atoms in total. The molecule has 11 heavy (non-hydrogen) atoms. The number of rotatable bonds is 2. The Labute approximate surface area is 78.4 Å². The quantitative estimate of drug-likeness (QED) is 0.499. The first kappa shape index (κ1) is 8.67. The van der Waals surface area contributed by atoms with Gasteiger partial charge in [-0.25, -0.2) is 0 Å². The summed E-state index contributed by atoms with van der Waals surface area (Å²) in [6, 6.07) is 8.74. The van der Waals surface area contributed by atoms with Crippen molar-refractivity contribution in [3.05, 3.63) is 35.9 Å². The summed E-state index contributed by atoms with van der Waals surface area (Å²) in [4.78, 5) is 11.1. The van der Waals surface area contributed by atoms with E-state index in [4.69, 9.17) is 5.11 Å². The molecule has 0 aliphatic heterocycles. The summed E-state index contributed by atoms with van der Waals surface area (Å²) in [6.07, 6.45) is 0. The van der Waals surface area contributed by atoms with Crippen molar-refractivity contribution in [2.75, 3.05) is 0 Å². The highest BCUT2D eigenvalue weighted by atomic mass is 127. The number of ketones is 1. The summed E-state index contributed by atoms with van der Waals surface area (Å²) in [7, 11) is 0. The number of benzene rings is 1. The molecule has 0 aliphatic rings. The third-order valence-electron chi connectivity index (χ3n) is 1.27. The van der Waals surface area contributed by atoms with Gasteiger partial charge in [0, 0.05) is 5.56 Å². The smallest absolute Gasteiger partial charge is 0.201 e. The van der Waals surface area contributed by atoms with E-state index in [0.717, 1.165) is 0 Å². The molecule has 58 valence electrons. The van der Waals surface area contributed by atoms with Crippen molar-refractivity contribution in [2.24, 2.45) is 0 Å². The highest BCUT2D eigenvalue weighted by Gasteiger charge is 2.11. The van der Waals surface area contributed by atoms with Gasteiger partial charge < -0.3 is 5.11 Å². The normalized spacial score (nSPS) is 12.5. The molecule has 1 aromatic rings. The number of carbonyl (C=O) groups is 1. The maximum absolute atomic E-state index is 11.1. The van der Waals surface area contributed by atoms with Gasteiger partial charge in [-0.05, 0) is 22.6 Å². The summed E-state index contributed by atoms with van der Waals surface area (Å²) in [6.45, 7) is 0. The van der Waals surface area contributed by atoms with Gasteiger partial charge in [0.15, 0.2) is 4.11 Å². The second-order valence-electron chi connectivity index (χ2n) is 2.07. The number of aliphatic hydroxyl groups is 1. The van der Waals surface area contributed by atoms with Crippen LogP contribution in [0.5, 0.6) is 0 Å². The van der Waals surface area contributed by atoms with E-state index in [1.54, 1.807) is 46.9 Å². The standard InChI is InChI=1S/C8H7IO2/c9-8(11)7(10)6-4-2-1-3-5-6/h1-5,8,11H. The number of Topliss-reactive ketones (excluding diaryl/α,β-unsaturated/α-hetero) is 1. The SMILES string of the molecule is O=C(c1ccccc1)C(O)I. The first-order valence-corrected chi connectivity index (χ1v) is 4.38. The Bertz CT molecular complexity index is 244. The number of hydrogen-bond donors (Lipinski definition) is 1. The van der Waals surface area contributed by atoms with Crippen LogP contribution in [0.2, 0.25) is 0 Å². The van der Waals surface area contributed by atoms with Gasteiger partial charge in [-0.15, -0.1) is 0 Å². The van der Waals surface area contributed by atoms with E-state index in [0.29, 0.717) is 5.56 Å². The second-order valence-corrected chi connectivity index (χ2v) is 3.25. The molecule has 0 fully saturated rings. The molecule has 1 aromatic carbocycles. The third-order valence-corrected chi connectivity index (χ3v) is 1.84. The fraction of sp³-hybridized carbons (Fsp3) is 0.125. The molecular weight excluding hydrogens is 255 g/mol. The Kier molecular flexibility index (Phi) is 3.02. The molecule has 0 radical (unpaired) electrons. The average Bonchev–Trinajstić information content (AvgIpc) is 2.05. The van der Waals surface area contributed by atoms with Gasteiger partial charge in [-0.2, -0.15) is 0 Å². The zero-order chi connectivity index (χ0) is 8.27. The van der Waals surface area contributed by atoms with Crippen LogP contribution in [-0.2, 0) is 0 Å². The molecule has 0 saturated carbocycles. The molecule has 1 unspecified atom stereocenters. The molecule has 1 rings (SSSR count). The minimum absolute atomic E-state index is 0.244. The minimum Gasteiger partial charge on any atom is -0.375 e. The van der Waals surface area contributed by atoms with Crippen LogP contribution in [0, 0.1) is 0 Å². The molecule has 3 heteroatoms. The lowest BCUT2D eigenvalue weighted by atomic mass is 10.1. The van der Waals surface area contributed by atoms with Crippen LogP contribution >= 0.6 is 22.6 Å². The zero-order valence-corrected chi connectivity index (χ0v) is 7.86. The number of hydrogen-bond acceptors (Lipinski definition) is 2. The van der Waals surface area contributed by atoms with Crippen molar-refractivity contribution >= 4 is 28.4 Å². The Morgan fingerprint density at radius 1 is 1.36 bits per heavy atom. The minimum atomic E-state index is -0.935. The number of halogens is 1. The second kappa shape index (κ2) is 3.82. The van der Waals surface area contributed by atoms with E-state index in [2.05, 4.69) is 0 Å². The maximum atomic E-state index is 11.1. The molecule has 0 aliphatic carbocycles. The monoisotopic (exact) mass is 262 g/mol. The Morgan fingerprint density at radius 2 is 1.91 bits per heavy atom. The molecule has 0 heterocycles. The first-order valence-electron chi connectivity index (χ1n) is 3.13. The fourth-order valence-corrected chi connectivity index (χ4v) is 1.10. The third kappa shape index (κ3) is 2.27. The number of carbonyl (C=O) groups excluding carboxylic acids is 1. The van der Waals surface area contributed by atoms with Crippen LogP contribution < -0.4 is 0 Å². The van der Waals surface area contributed by atoms with Gasteiger partial charge in [0.2, 0.25) is 5.78 Å². The predicted octanol–water partition coefficient (Wildman–Crippen LogP) is 1.62. The maximum Gasteiger partial charge on any atom is 0.201 e. The van der Waals surface area contributed by atoms with E-state index in [-0.39, 0.29) is 5.78 Å². The van der Waals surface area contributed by atoms with Crippen LogP contribution in [0.15, 0.2) is 30.3 Å². The molecule has 1 atom stereocenters. The summed E-state index contributed by atoms with van der Waals surface area (Å²) in [5.41, 5.74) is 0.550. The van der Waals surface area contributed by atoms with Gasteiger partial charge in [-0.1, -0.05) is 30.3 Å². The van der Waals surface area contributed by atoms with Crippen molar-refractivity contribution in [1.82, 2.24) is 0 Å². The van der Waals surface area contributed by atoms with Crippen LogP contribution in [-0.4, -0.2) is 15.0 Å². The Morgan fingerprint density at radius 3 is 2.36 bits per heavy atom. The summed E-state index contributed by atoms with van der Waals surface area (Å²) >= 11 is 1.68. The lowest BCUT2D eigenvalue weighted by Crippen LogP contribution is -2.12. The molecular formula is C8H7IO2. The van der Waals surface area contributed by atoms with Crippen LogP contribution in [0.4, 0.5) is 0 Å². The van der Waals surface area contributed by atoms with Gasteiger partial charge in [-0.3, -0.25) is 4.79 Å². The lowest BCUT2D eigenvalue weighted by molar-refractivity contribution is 0.0885. The highest BCUT2D eigenvalue weighted by Crippen LogP contribution is 2.07. The van der Waals surface area contributed by atoms with Crippen molar-refractivity contribution < 1.29 is 9.90 Å². The zero-order valence-electron chi connectivity index (χ0n) is 5.70. The molecule has 1 N–H and O–H groups in total. The number of aliphatic hydroxyl groups excluding tert-OH is 1. The van der Waals surface area contributed by atoms with Crippen molar-refractivity contribution in [1.29, 1.82) is 0 Å². The van der Waals surface area contributed by atoms with Crippen molar-refractivity contribution in [2.45, 2.75) is 4.11 Å². The highest BCUT2D eigenvalue weighted by molar-refractivity contribution is 14.1. The predicted molar refractivity (Wildman–Crippen MR) is 50.8 cm³/mol. The largest absolute Gasteiger partial charge is 0.375 e. The topological polar surface area (TPSA) is 37.3 Å². The summed E-state index contributed by atoms with van der Waals surface area (Å²) < 4.78 is -0.935. The Balaban J connectivity index is 2.86. The van der Waals surface area contributed by atoms with Gasteiger partial charge in [0.25, 0.3) is 0 Å². The summed E-state index contributed by atoms with van der Waals surface area (Å²) in [5.74, 6) is -0.244. The first-order chi connectivity index (χ1) is 5.22. The lowest BCUT2D eigenvalue weighted by Gasteiger charge is -1.99. The molecule has 0 aromatic heterocycles. The fourth-order valence-electron chi connectivity index (χ4n) is 0.740. The molecule has 0 spiro atoms. The van der Waals surface area contributed by atoms with Crippen LogP contribution in [0.25, 0.3) is 0 Å². The van der Waals surface area contributed by atoms with Crippen molar-refractivity contribution in [3.8, 4) is 0 Å². The average molecular weight is 262 g/mol. The van der Waals surface area contributed by atoms with E-state index in [1.807, 2.05) is 6.07 Å². The van der Waals surface area contributed by atoms with E-state index < -0.39 is 4.11 Å². The molecule has 0 bridgehead atoms. The van der Waals surface area contributed by atoms with E-state index >= 15 is 0 Å². The van der Waals surface area contributed by atoms with Gasteiger partial charge >= 0.3 is 0 Å². The molecule has 0 saturated heterocycles.